The van der Waals surface area contributed by atoms with E-state index < -0.39 is 5.41 Å². The van der Waals surface area contributed by atoms with Crippen LogP contribution in [0.3, 0.4) is 0 Å². The molecule has 0 unspecified atom stereocenters. The van der Waals surface area contributed by atoms with Crippen molar-refractivity contribution in [1.29, 1.82) is 0 Å². The number of aliphatic imine (C=N–C) groups is 1. The van der Waals surface area contributed by atoms with E-state index >= 15 is 0 Å². The van der Waals surface area contributed by atoms with Crippen LogP contribution in [0.4, 0.5) is 0 Å². The summed E-state index contributed by atoms with van der Waals surface area (Å²) in [5.41, 5.74) is 5.57. The molecule has 37 heavy (non-hydrogen) atoms. The van der Waals surface area contributed by atoms with Crippen molar-refractivity contribution in [3.05, 3.63) is 125 Å². The minimum absolute atomic E-state index is 0.311. The fourth-order valence-corrected chi connectivity index (χ4v) is 5.80. The van der Waals surface area contributed by atoms with E-state index in [1.807, 2.05) is 36.5 Å². The maximum absolute atomic E-state index is 12.0. The smallest absolute Gasteiger partial charge is 0.129 e. The first kappa shape index (κ1) is 25.0. The van der Waals surface area contributed by atoms with Gasteiger partial charge in [0.15, 0.2) is 0 Å². The van der Waals surface area contributed by atoms with Gasteiger partial charge in [0.05, 0.1) is 0 Å². The zero-order valence-corrected chi connectivity index (χ0v) is 21.8. The van der Waals surface area contributed by atoms with Crippen LogP contribution >= 0.6 is 0 Å². The van der Waals surface area contributed by atoms with Crippen LogP contribution in [0.5, 0.6) is 5.75 Å². The van der Waals surface area contributed by atoms with Crippen LogP contribution in [0.15, 0.2) is 108 Å². The zero-order chi connectivity index (χ0) is 25.5. The van der Waals surface area contributed by atoms with Crippen molar-refractivity contribution in [2.75, 3.05) is 0 Å². The molecule has 5 rings (SSSR count). The van der Waals surface area contributed by atoms with Gasteiger partial charge in [0.1, 0.15) is 5.75 Å². The molecule has 0 saturated heterocycles. The third-order valence-corrected chi connectivity index (χ3v) is 8.03. The second kappa shape index (κ2) is 11.6. The van der Waals surface area contributed by atoms with Crippen LogP contribution in [0.1, 0.15) is 74.1 Å². The third kappa shape index (κ3) is 5.39. The zero-order valence-electron chi connectivity index (χ0n) is 21.8. The second-order valence-corrected chi connectivity index (χ2v) is 10.4. The van der Waals surface area contributed by atoms with Crippen molar-refractivity contribution < 1.29 is 5.11 Å². The number of hydrogen-bond acceptors (Lipinski definition) is 2. The van der Waals surface area contributed by atoms with Gasteiger partial charge in [-0.3, -0.25) is 4.99 Å². The van der Waals surface area contributed by atoms with Gasteiger partial charge < -0.3 is 5.11 Å². The lowest BCUT2D eigenvalue weighted by atomic mass is 9.70. The highest BCUT2D eigenvalue weighted by molar-refractivity contribution is 5.94. The second-order valence-electron chi connectivity index (χ2n) is 10.4. The molecule has 1 aliphatic rings. The van der Waals surface area contributed by atoms with Gasteiger partial charge in [-0.1, -0.05) is 135 Å². The normalized spacial score (nSPS) is 15.4. The Labute approximate surface area is 221 Å². The first-order valence-corrected chi connectivity index (χ1v) is 13.7. The van der Waals surface area contributed by atoms with Gasteiger partial charge in [-0.2, -0.15) is 0 Å². The Bertz CT molecular complexity index is 1260. The molecule has 1 fully saturated rings. The maximum atomic E-state index is 12.0. The summed E-state index contributed by atoms with van der Waals surface area (Å²) in [4.78, 5) is 5.09. The first-order chi connectivity index (χ1) is 18.2. The molecule has 4 aromatic carbocycles. The highest BCUT2D eigenvalue weighted by Gasteiger charge is 2.34. The summed E-state index contributed by atoms with van der Waals surface area (Å²) in [6, 6.07) is 35.9. The predicted octanol–water partition coefficient (Wildman–Crippen LogP) is 8.95. The molecule has 0 aromatic heterocycles. The summed E-state index contributed by atoms with van der Waals surface area (Å²) in [5, 5.41) is 12.0. The van der Waals surface area contributed by atoms with Crippen molar-refractivity contribution in [3.63, 3.8) is 0 Å². The highest BCUT2D eigenvalue weighted by Crippen LogP contribution is 2.45. The average molecular weight is 488 g/mol. The van der Waals surface area contributed by atoms with E-state index in [2.05, 4.69) is 79.7 Å². The fraction of sp³-hybridized carbons (Fsp3) is 0.286. The summed E-state index contributed by atoms with van der Waals surface area (Å²) in [6.45, 7) is 2.21. The molecule has 4 aromatic rings. The number of hydrogen-bond donors (Lipinski definition) is 1. The van der Waals surface area contributed by atoms with Crippen LogP contribution < -0.4 is 0 Å². The van der Waals surface area contributed by atoms with E-state index in [1.54, 1.807) is 0 Å². The molecule has 1 saturated carbocycles. The number of aromatic hydroxyl groups is 1. The molecular weight excluding hydrogens is 450 g/mol. The SMILES string of the molecule is CC(c1ccccc1)(c1ccccc1)c1ccc(-c2ccccc2)c(C=NC2CCCCCCC2)c1O. The molecule has 0 spiro atoms. The van der Waals surface area contributed by atoms with Gasteiger partial charge in [0.25, 0.3) is 0 Å². The molecule has 2 heteroatoms. The quantitative estimate of drug-likeness (QED) is 0.214. The molecule has 0 heterocycles. The van der Waals surface area contributed by atoms with Gasteiger partial charge in [-0.05, 0) is 42.0 Å². The maximum Gasteiger partial charge on any atom is 0.129 e. The molecule has 0 aliphatic heterocycles. The molecule has 188 valence electrons. The Kier molecular flexibility index (Phi) is 7.84. The summed E-state index contributed by atoms with van der Waals surface area (Å²) in [7, 11) is 0. The predicted molar refractivity (Wildman–Crippen MR) is 156 cm³/mol. The molecule has 0 bridgehead atoms. The first-order valence-electron chi connectivity index (χ1n) is 13.7. The van der Waals surface area contributed by atoms with Gasteiger partial charge in [-0.15, -0.1) is 0 Å². The van der Waals surface area contributed by atoms with Crippen LogP contribution in [0, 0.1) is 0 Å². The molecule has 1 N–H and O–H groups in total. The van der Waals surface area contributed by atoms with E-state index in [-0.39, 0.29) is 0 Å². The van der Waals surface area contributed by atoms with Crippen molar-refractivity contribution in [2.45, 2.75) is 63.3 Å². The van der Waals surface area contributed by atoms with Gasteiger partial charge in [-0.25, -0.2) is 0 Å². The highest BCUT2D eigenvalue weighted by atomic mass is 16.3. The summed E-state index contributed by atoms with van der Waals surface area (Å²) in [6.07, 6.45) is 10.6. The van der Waals surface area contributed by atoms with Crippen molar-refractivity contribution in [3.8, 4) is 16.9 Å². The lowest BCUT2D eigenvalue weighted by Gasteiger charge is -2.33. The minimum atomic E-state index is -0.523. The summed E-state index contributed by atoms with van der Waals surface area (Å²) < 4.78 is 0. The van der Waals surface area contributed by atoms with Crippen molar-refractivity contribution in [1.82, 2.24) is 0 Å². The molecule has 0 radical (unpaired) electrons. The Morgan fingerprint density at radius 1 is 0.676 bits per heavy atom. The fourth-order valence-electron chi connectivity index (χ4n) is 5.80. The number of phenols is 1. The average Bonchev–Trinajstić information content (AvgIpc) is 2.94. The van der Waals surface area contributed by atoms with Crippen LogP contribution in [0.2, 0.25) is 0 Å². The minimum Gasteiger partial charge on any atom is -0.507 e. The summed E-state index contributed by atoms with van der Waals surface area (Å²) >= 11 is 0. The lowest BCUT2D eigenvalue weighted by Crippen LogP contribution is -2.26. The topological polar surface area (TPSA) is 32.6 Å². The van der Waals surface area contributed by atoms with E-state index in [4.69, 9.17) is 4.99 Å². The Hall–Kier alpha value is -3.65. The molecular formula is C35H37NO. The molecule has 2 nitrogen and oxygen atoms in total. The van der Waals surface area contributed by atoms with Crippen LogP contribution in [-0.4, -0.2) is 17.4 Å². The molecule has 1 aliphatic carbocycles. The number of rotatable bonds is 6. The molecule has 0 amide bonds. The van der Waals surface area contributed by atoms with Crippen LogP contribution in [0.25, 0.3) is 11.1 Å². The van der Waals surface area contributed by atoms with E-state index in [1.165, 1.54) is 32.1 Å². The number of benzene rings is 4. The van der Waals surface area contributed by atoms with E-state index in [0.29, 0.717) is 11.8 Å². The van der Waals surface area contributed by atoms with Crippen molar-refractivity contribution in [2.24, 2.45) is 4.99 Å². The Morgan fingerprint density at radius 2 is 1.19 bits per heavy atom. The Morgan fingerprint density at radius 3 is 1.76 bits per heavy atom. The summed E-state index contributed by atoms with van der Waals surface area (Å²) in [5.74, 6) is 0.311. The van der Waals surface area contributed by atoms with Crippen molar-refractivity contribution >= 4 is 6.21 Å². The van der Waals surface area contributed by atoms with E-state index in [0.717, 1.165) is 46.2 Å². The van der Waals surface area contributed by atoms with Gasteiger partial charge >= 0.3 is 0 Å². The lowest BCUT2D eigenvalue weighted by molar-refractivity contribution is 0.453. The van der Waals surface area contributed by atoms with E-state index in [9.17, 15) is 5.11 Å². The van der Waals surface area contributed by atoms with Gasteiger partial charge in [0.2, 0.25) is 0 Å². The largest absolute Gasteiger partial charge is 0.507 e. The Balaban J connectivity index is 1.67. The monoisotopic (exact) mass is 487 g/mol. The standard InChI is InChI=1S/C35H37NO/c1-35(28-18-10-6-11-19-28,29-20-12-7-13-21-29)33-25-24-31(27-16-8-5-9-17-27)32(34(33)37)26-36-30-22-14-3-2-4-15-23-30/h5-13,16-21,24-26,30,37H,2-4,14-15,22-23H2,1H3. The molecule has 0 atom stereocenters. The third-order valence-electron chi connectivity index (χ3n) is 8.03. The number of nitrogens with zero attached hydrogens (tertiary/aromatic N) is 1. The number of phenolic OH excluding ortho intramolecular Hbond substituents is 1. The van der Waals surface area contributed by atoms with Crippen LogP contribution in [-0.2, 0) is 5.41 Å². The van der Waals surface area contributed by atoms with Gasteiger partial charge in [0, 0.05) is 28.8 Å².